The fourth-order valence-electron chi connectivity index (χ4n) is 2.79. The first-order chi connectivity index (χ1) is 12.0. The number of hydrogen-bond donors (Lipinski definition) is 1. The molecule has 1 aliphatic heterocycles. The number of carbonyl (C=O) groups excluding carboxylic acids is 1. The van der Waals surface area contributed by atoms with E-state index in [0.29, 0.717) is 17.3 Å². The molecule has 0 saturated heterocycles. The molecule has 128 valence electrons. The van der Waals surface area contributed by atoms with Gasteiger partial charge in [-0.3, -0.25) is 4.79 Å². The van der Waals surface area contributed by atoms with Crippen molar-refractivity contribution in [3.8, 4) is 11.5 Å². The van der Waals surface area contributed by atoms with Crippen molar-refractivity contribution in [3.05, 3.63) is 47.0 Å². The molecule has 0 bridgehead atoms. The molecule has 1 aromatic carbocycles. The van der Waals surface area contributed by atoms with Crippen LogP contribution in [0.5, 0.6) is 11.5 Å². The quantitative estimate of drug-likeness (QED) is 0.784. The average molecular weight is 339 g/mol. The number of amides is 1. The molecule has 0 radical (unpaired) electrons. The highest BCUT2D eigenvalue weighted by Gasteiger charge is 2.20. The van der Waals surface area contributed by atoms with Crippen molar-refractivity contribution in [2.75, 3.05) is 6.79 Å². The van der Waals surface area contributed by atoms with Crippen LogP contribution in [0.25, 0.3) is 5.78 Å². The molecule has 25 heavy (non-hydrogen) atoms. The van der Waals surface area contributed by atoms with Gasteiger partial charge in [-0.2, -0.15) is 4.98 Å². The summed E-state index contributed by atoms with van der Waals surface area (Å²) in [6.45, 7) is 5.88. The smallest absolute Gasteiger partial charge is 0.291 e. The van der Waals surface area contributed by atoms with Crippen LogP contribution in [-0.4, -0.2) is 32.3 Å². The monoisotopic (exact) mass is 339 g/mol. The number of benzene rings is 1. The summed E-state index contributed by atoms with van der Waals surface area (Å²) in [6, 6.07) is 7.24. The molecule has 0 spiro atoms. The molecule has 0 saturated carbocycles. The number of nitrogens with zero attached hydrogens (tertiary/aromatic N) is 4. The lowest BCUT2D eigenvalue weighted by molar-refractivity contribution is 0.0929. The Kier molecular flexibility index (Phi) is 3.52. The summed E-state index contributed by atoms with van der Waals surface area (Å²) in [5.74, 6) is 1.54. The number of nitrogens with one attached hydrogen (secondary N) is 1. The van der Waals surface area contributed by atoms with Gasteiger partial charge in [-0.25, -0.2) is 9.50 Å². The maximum Gasteiger partial charge on any atom is 0.291 e. The molecule has 1 unspecified atom stereocenters. The van der Waals surface area contributed by atoms with Gasteiger partial charge in [0.25, 0.3) is 11.7 Å². The Bertz CT molecular complexity index is 982. The van der Waals surface area contributed by atoms with Crippen molar-refractivity contribution < 1.29 is 14.3 Å². The minimum Gasteiger partial charge on any atom is -0.454 e. The molecule has 4 rings (SSSR count). The molecular formula is C17H17N5O3. The van der Waals surface area contributed by atoms with Gasteiger partial charge in [0.1, 0.15) is 0 Å². The first-order valence-corrected chi connectivity index (χ1v) is 7.93. The molecule has 1 aliphatic rings. The summed E-state index contributed by atoms with van der Waals surface area (Å²) in [7, 11) is 0. The maximum absolute atomic E-state index is 12.5. The summed E-state index contributed by atoms with van der Waals surface area (Å²) in [4.78, 5) is 21.0. The van der Waals surface area contributed by atoms with E-state index in [4.69, 9.17) is 9.47 Å². The number of rotatable bonds is 3. The Hall–Kier alpha value is -3.16. The van der Waals surface area contributed by atoms with Crippen molar-refractivity contribution in [2.45, 2.75) is 26.8 Å². The van der Waals surface area contributed by atoms with E-state index in [0.717, 1.165) is 17.0 Å². The van der Waals surface area contributed by atoms with Gasteiger partial charge in [-0.1, -0.05) is 6.07 Å². The third kappa shape index (κ3) is 2.75. The van der Waals surface area contributed by atoms with Gasteiger partial charge in [0.05, 0.1) is 6.04 Å². The zero-order valence-corrected chi connectivity index (χ0v) is 14.1. The third-order valence-electron chi connectivity index (χ3n) is 4.07. The van der Waals surface area contributed by atoms with Crippen LogP contribution >= 0.6 is 0 Å². The lowest BCUT2D eigenvalue weighted by Gasteiger charge is -2.13. The van der Waals surface area contributed by atoms with Gasteiger partial charge in [-0.05, 0) is 44.5 Å². The molecule has 8 nitrogen and oxygen atoms in total. The minimum atomic E-state index is -0.354. The lowest BCUT2D eigenvalue weighted by Crippen LogP contribution is -2.27. The highest BCUT2D eigenvalue weighted by atomic mass is 16.7. The molecule has 1 N–H and O–H groups in total. The Labute approximate surface area is 143 Å². The molecule has 8 heteroatoms. The fourth-order valence-corrected chi connectivity index (χ4v) is 2.79. The van der Waals surface area contributed by atoms with E-state index in [1.807, 2.05) is 45.0 Å². The van der Waals surface area contributed by atoms with E-state index in [1.165, 1.54) is 0 Å². The van der Waals surface area contributed by atoms with Crippen molar-refractivity contribution in [3.63, 3.8) is 0 Å². The summed E-state index contributed by atoms with van der Waals surface area (Å²) in [6.07, 6.45) is 0. The molecule has 3 aromatic rings. The molecule has 3 heterocycles. The van der Waals surface area contributed by atoms with Crippen LogP contribution in [-0.2, 0) is 0 Å². The van der Waals surface area contributed by atoms with Gasteiger partial charge >= 0.3 is 0 Å². The van der Waals surface area contributed by atoms with E-state index in [1.54, 1.807) is 4.52 Å². The van der Waals surface area contributed by atoms with Gasteiger partial charge in [0, 0.05) is 11.4 Å². The first kappa shape index (κ1) is 15.4. The fraction of sp³-hybridized carbons (Fsp3) is 0.294. The largest absolute Gasteiger partial charge is 0.454 e. The van der Waals surface area contributed by atoms with Crippen LogP contribution in [0.2, 0.25) is 0 Å². The Morgan fingerprint density at radius 1 is 1.20 bits per heavy atom. The summed E-state index contributed by atoms with van der Waals surface area (Å²) in [5.41, 5.74) is 2.61. The van der Waals surface area contributed by atoms with Gasteiger partial charge in [0.2, 0.25) is 12.6 Å². The second-order valence-electron chi connectivity index (χ2n) is 5.99. The van der Waals surface area contributed by atoms with Crippen LogP contribution in [0.15, 0.2) is 24.3 Å². The molecule has 0 fully saturated rings. The topological polar surface area (TPSA) is 90.6 Å². The van der Waals surface area contributed by atoms with Gasteiger partial charge in [0.15, 0.2) is 11.5 Å². The van der Waals surface area contributed by atoms with Crippen molar-refractivity contribution in [2.24, 2.45) is 0 Å². The zero-order valence-electron chi connectivity index (χ0n) is 14.1. The van der Waals surface area contributed by atoms with Crippen LogP contribution in [0.1, 0.15) is 40.5 Å². The number of carbonyl (C=O) groups is 1. The van der Waals surface area contributed by atoms with E-state index < -0.39 is 0 Å². The number of ether oxygens (including phenoxy) is 2. The number of aromatic nitrogens is 4. The normalized spacial score (nSPS) is 13.9. The first-order valence-electron chi connectivity index (χ1n) is 7.93. The van der Waals surface area contributed by atoms with Crippen molar-refractivity contribution in [1.82, 2.24) is 24.9 Å². The maximum atomic E-state index is 12.5. The van der Waals surface area contributed by atoms with Crippen molar-refractivity contribution in [1.29, 1.82) is 0 Å². The van der Waals surface area contributed by atoms with E-state index in [2.05, 4.69) is 20.4 Å². The SMILES string of the molecule is Cc1cc(C)n2nc(C(=O)NC(C)c3ccc4c(c3)OCO4)nc2n1. The number of aryl methyl sites for hydroxylation is 2. The van der Waals surface area contributed by atoms with Crippen LogP contribution in [0, 0.1) is 13.8 Å². The van der Waals surface area contributed by atoms with Crippen LogP contribution < -0.4 is 14.8 Å². The van der Waals surface area contributed by atoms with Gasteiger partial charge < -0.3 is 14.8 Å². The average Bonchev–Trinajstić information content (AvgIpc) is 3.20. The Morgan fingerprint density at radius 3 is 2.84 bits per heavy atom. The zero-order chi connectivity index (χ0) is 17.6. The second-order valence-corrected chi connectivity index (χ2v) is 5.99. The highest BCUT2D eigenvalue weighted by Crippen LogP contribution is 2.34. The summed E-state index contributed by atoms with van der Waals surface area (Å²) >= 11 is 0. The highest BCUT2D eigenvalue weighted by molar-refractivity contribution is 5.91. The number of hydrogen-bond acceptors (Lipinski definition) is 6. The van der Waals surface area contributed by atoms with Crippen LogP contribution in [0.4, 0.5) is 0 Å². The second kappa shape index (κ2) is 5.73. The lowest BCUT2D eigenvalue weighted by atomic mass is 10.1. The van der Waals surface area contributed by atoms with E-state index >= 15 is 0 Å². The molecular weight excluding hydrogens is 322 g/mol. The van der Waals surface area contributed by atoms with Crippen molar-refractivity contribution >= 4 is 11.7 Å². The summed E-state index contributed by atoms with van der Waals surface area (Å²) < 4.78 is 12.2. The predicted molar refractivity (Wildman–Crippen MR) is 88.7 cm³/mol. The molecule has 1 amide bonds. The Morgan fingerprint density at radius 2 is 2.00 bits per heavy atom. The van der Waals surface area contributed by atoms with E-state index in [-0.39, 0.29) is 24.6 Å². The molecule has 1 atom stereocenters. The third-order valence-corrected chi connectivity index (χ3v) is 4.07. The minimum absolute atomic E-state index is 0.0915. The predicted octanol–water partition coefficient (Wildman–Crippen LogP) is 1.96. The standard InChI is InChI=1S/C17H17N5O3/c1-9-6-10(2)22-17(18-9)20-15(21-22)16(23)19-11(3)12-4-5-13-14(7-12)25-8-24-13/h4-7,11H,8H2,1-3H3,(H,19,23). The van der Waals surface area contributed by atoms with Gasteiger partial charge in [-0.15, -0.1) is 5.10 Å². The Balaban J connectivity index is 1.56. The molecule has 0 aliphatic carbocycles. The summed E-state index contributed by atoms with van der Waals surface area (Å²) in [5, 5.41) is 7.14. The van der Waals surface area contributed by atoms with Crippen LogP contribution in [0.3, 0.4) is 0 Å². The van der Waals surface area contributed by atoms with E-state index in [9.17, 15) is 4.79 Å². The molecule has 2 aromatic heterocycles. The number of fused-ring (bicyclic) bond motifs is 2.